The standard InChI is InChI=1S/C24H19ClN4OS.C22H17ClN4O2S.C21H19ClN4S.C20H16ClN3OS.C18H12ClFN4OS/c1-3-19(30)14-18-13-16(8-9-27-18)22-21(26-2)20(12-15-4-6-17(25)7-5-15)23(31-22)24-28-10-11-29-24;23-13-3-1-12(2-4-13)19(29)16-11-17(30-20(16)22-25-9-10-26-22)14-7-8-24-21-15(14)5-6-18(28)27-21;1-26(2)19(15-3-5-16(22)6-4-15)17-13-18(14-7-9-23-10-8-14)27-20(17)21-24-11-12-25-21;1-12-10-14(6-7-22-12)17-11-16(19(26-17)20-23-8-9-24-20)18(25)13-2-4-15(21)5-3-13;19-11-3-1-10(2-4-11)16(25)12-7-14(15-13(20)8-21-9-24-15)26-17(12)18-22-5-6-23-18/h4-11,13H,3,12,14H2,1H3,(H,28,29);1-4,7-11,19,29H,5-6H2,(H,25,26)(H,24,27,28);3-13,19H,1-2H3,(H,24,25);2-11,18,25H,1H3,(H,23,24);1-9,16,25H,(H,22,23)/t;;19-;18-;/m..00./s1. The van der Waals surface area contributed by atoms with Gasteiger partial charge in [-0.1, -0.05) is 126 Å². The molecule has 0 spiro atoms. The van der Waals surface area contributed by atoms with E-state index < -0.39 is 24.1 Å². The molecule has 1 aliphatic rings. The van der Waals surface area contributed by atoms with Gasteiger partial charge in [-0.2, -0.15) is 0 Å². The van der Waals surface area contributed by atoms with E-state index in [0.717, 1.165) is 130 Å². The van der Waals surface area contributed by atoms with Crippen LogP contribution in [0.15, 0.2) is 294 Å². The van der Waals surface area contributed by atoms with E-state index in [1.165, 1.54) is 45.0 Å². The number of halogens is 6. The highest BCUT2D eigenvalue weighted by Crippen LogP contribution is 2.51. The Morgan fingerprint density at radius 2 is 0.893 bits per heavy atom. The Morgan fingerprint density at radius 1 is 0.457 bits per heavy atom. The summed E-state index contributed by atoms with van der Waals surface area (Å²) in [6.07, 6.45) is 28.6. The van der Waals surface area contributed by atoms with Crippen molar-refractivity contribution in [3.63, 3.8) is 0 Å². The molecule has 15 aromatic heterocycles. The van der Waals surface area contributed by atoms with Gasteiger partial charge in [0.1, 0.15) is 71.1 Å². The molecule has 20 aromatic rings. The zero-order chi connectivity index (χ0) is 97.5. The molecule has 16 heterocycles. The molecular weight excluding hydrogens is 1960 g/mol. The number of benzene rings is 5. The molecule has 0 saturated heterocycles. The fourth-order valence-electron chi connectivity index (χ4n) is 15.7. The van der Waals surface area contributed by atoms with Crippen molar-refractivity contribution in [2.45, 2.75) is 70.3 Å². The molecule has 0 bridgehead atoms. The maximum absolute atomic E-state index is 14.1. The van der Waals surface area contributed by atoms with Gasteiger partial charge in [0, 0.05) is 196 Å². The molecular formula is C105H83Cl5FN19O5S5. The van der Waals surface area contributed by atoms with Crippen LogP contribution in [0.25, 0.3) is 111 Å². The number of aromatic amines is 5. The smallest absolute Gasteiger partial charge is 0.225 e. The van der Waals surface area contributed by atoms with Crippen LogP contribution in [0.3, 0.4) is 0 Å². The van der Waals surface area contributed by atoms with Gasteiger partial charge in [-0.05, 0) is 217 Å². The second-order valence-corrected chi connectivity index (χ2v) is 39.4. The summed E-state index contributed by atoms with van der Waals surface area (Å²) in [6, 6.07) is 59.0. The number of pyridine rings is 4. The predicted octanol–water partition coefficient (Wildman–Crippen LogP) is 26.6. The number of anilines is 1. The number of Topliss-reactive ketones (excluding diaryl/α,β-unsaturated/α-hetero) is 1. The summed E-state index contributed by atoms with van der Waals surface area (Å²) >= 11 is 37.8. The van der Waals surface area contributed by atoms with Gasteiger partial charge >= 0.3 is 0 Å². The van der Waals surface area contributed by atoms with Gasteiger partial charge in [-0.3, -0.25) is 29.4 Å². The first-order chi connectivity index (χ1) is 68.1. The second-order valence-electron chi connectivity index (χ2n) is 32.0. The number of aliphatic hydroxyl groups excluding tert-OH is 3. The zero-order valence-corrected chi connectivity index (χ0v) is 82.7. The number of ketones is 1. The highest BCUT2D eigenvalue weighted by atomic mass is 35.5. The van der Waals surface area contributed by atoms with E-state index in [2.05, 4.69) is 127 Å². The molecule has 1 amide bonds. The van der Waals surface area contributed by atoms with Crippen molar-refractivity contribution in [1.82, 2.24) is 84.6 Å². The Balaban J connectivity index is 0.000000121. The van der Waals surface area contributed by atoms with Crippen molar-refractivity contribution >= 4 is 138 Å². The molecule has 0 radical (unpaired) electrons. The van der Waals surface area contributed by atoms with Crippen molar-refractivity contribution in [3.8, 4) is 106 Å². The largest absolute Gasteiger partial charge is 0.384 e. The SMILES string of the molecule is CN(C)[C@@H](c1ccc(Cl)cc1)c1cc(-c2ccncc2)sc1-c1ncc[nH]1.Cc1cc(-c2cc([C@@H](O)c3ccc(Cl)cc3)c(-c3ncc[nH]3)s2)ccn1.O=C1CCc2c(-c3cc(C(O)c4ccc(Cl)cc4)c(-c4ncc[nH]4)s3)ccnc2N1.OC(c1ccc(Cl)cc1)c1cc(-c2ncncc2F)sc1-c1ncc[nH]1.[C-]#[N+]c1c(-c2ccnc(CC(=O)CC)c2)sc(-c2ncc[nH]2)c1Cc1ccc(Cl)cc1. The number of carbonyl (C=O) groups is 2. The molecule has 700 valence electrons. The third-order valence-corrected chi connectivity index (χ3v) is 29.8. The number of fused-ring (bicyclic) bond motifs is 1. The maximum Gasteiger partial charge on any atom is 0.225 e. The van der Waals surface area contributed by atoms with Crippen molar-refractivity contribution in [2.75, 3.05) is 19.4 Å². The lowest BCUT2D eigenvalue weighted by Crippen LogP contribution is -2.21. The molecule has 9 N–H and O–H groups in total. The van der Waals surface area contributed by atoms with Crippen LogP contribution in [0.4, 0.5) is 15.9 Å². The fourth-order valence-corrected chi connectivity index (χ4v) is 22.2. The Bertz CT molecular complexity index is 7630. The fraction of sp³-hybridized carbons (Fsp3) is 0.124. The number of amides is 1. The van der Waals surface area contributed by atoms with Crippen molar-refractivity contribution in [3.05, 3.63) is 408 Å². The Labute approximate surface area is 848 Å². The van der Waals surface area contributed by atoms with E-state index in [1.807, 2.05) is 148 Å². The summed E-state index contributed by atoms with van der Waals surface area (Å²) in [7, 11) is 4.18. The van der Waals surface area contributed by atoms with E-state index in [-0.39, 0.29) is 23.4 Å². The minimum absolute atomic E-state index is 0.0200. The molecule has 21 rings (SSSR count). The number of nitrogens with one attached hydrogen (secondary N) is 6. The van der Waals surface area contributed by atoms with Gasteiger partial charge in [0.05, 0.1) is 48.1 Å². The Kier molecular flexibility index (Phi) is 31.7. The van der Waals surface area contributed by atoms with Gasteiger partial charge in [-0.25, -0.2) is 49.1 Å². The molecule has 0 fully saturated rings. The van der Waals surface area contributed by atoms with Gasteiger partial charge < -0.3 is 45.6 Å². The van der Waals surface area contributed by atoms with Gasteiger partial charge in [0.25, 0.3) is 0 Å². The number of aryl methyl sites for hydroxylation is 1. The van der Waals surface area contributed by atoms with Crippen LogP contribution in [0.5, 0.6) is 0 Å². The first-order valence-electron chi connectivity index (χ1n) is 43.6. The third kappa shape index (κ3) is 23.2. The molecule has 5 aromatic carbocycles. The number of thiophene rings is 5. The number of aromatic nitrogens is 16. The van der Waals surface area contributed by atoms with Gasteiger partial charge in [0.2, 0.25) is 11.6 Å². The summed E-state index contributed by atoms with van der Waals surface area (Å²) in [4.78, 5) is 101. The number of aliphatic hydroxyl groups is 3. The number of hydrogen-bond donors (Lipinski definition) is 9. The monoisotopic (exact) mass is 2040 g/mol. The first-order valence-corrected chi connectivity index (χ1v) is 49.6. The number of H-pyrrole nitrogens is 5. The van der Waals surface area contributed by atoms with E-state index >= 15 is 0 Å². The lowest BCUT2D eigenvalue weighted by molar-refractivity contribution is -0.118. The van der Waals surface area contributed by atoms with Crippen molar-refractivity contribution < 1.29 is 29.3 Å². The molecule has 140 heavy (non-hydrogen) atoms. The molecule has 35 heteroatoms. The highest BCUT2D eigenvalue weighted by molar-refractivity contribution is 7.20. The van der Waals surface area contributed by atoms with E-state index in [9.17, 15) is 29.3 Å². The predicted molar refractivity (Wildman–Crippen MR) is 558 cm³/mol. The maximum atomic E-state index is 14.1. The van der Waals surface area contributed by atoms with Gasteiger partial charge in [-0.15, -0.1) is 56.7 Å². The first kappa shape index (κ1) is 97.8. The summed E-state index contributed by atoms with van der Waals surface area (Å²) in [5, 5.41) is 39.1. The molecule has 24 nitrogen and oxygen atoms in total. The van der Waals surface area contributed by atoms with Crippen LogP contribution < -0.4 is 5.32 Å². The number of rotatable bonds is 24. The Morgan fingerprint density at radius 3 is 1.38 bits per heavy atom. The molecule has 0 saturated carbocycles. The van der Waals surface area contributed by atoms with E-state index in [1.54, 1.807) is 163 Å². The van der Waals surface area contributed by atoms with Crippen LogP contribution in [0, 0.1) is 19.3 Å². The molecule has 0 aliphatic carbocycles. The number of imidazole rings is 5. The zero-order valence-electron chi connectivity index (χ0n) is 74.8. The molecule has 2 unspecified atom stereocenters. The summed E-state index contributed by atoms with van der Waals surface area (Å²) < 4.78 is 14.1. The van der Waals surface area contributed by atoms with Crippen LogP contribution in [-0.2, 0) is 28.9 Å². The van der Waals surface area contributed by atoms with Crippen LogP contribution in [-0.4, -0.2) is 126 Å². The van der Waals surface area contributed by atoms with Gasteiger partial charge in [0.15, 0.2) is 5.82 Å². The van der Waals surface area contributed by atoms with Crippen LogP contribution in [0.2, 0.25) is 25.1 Å². The number of carbonyl (C=O) groups excluding carboxylic acids is 2. The van der Waals surface area contributed by atoms with Crippen LogP contribution in [0.1, 0.15) is 117 Å². The highest BCUT2D eigenvalue weighted by Gasteiger charge is 2.31. The third-order valence-electron chi connectivity index (χ3n) is 22.5. The van der Waals surface area contributed by atoms with Crippen molar-refractivity contribution in [2.24, 2.45) is 0 Å². The van der Waals surface area contributed by atoms with E-state index in [4.69, 9.17) is 64.6 Å². The quantitative estimate of drug-likeness (QED) is 0.0254. The average molecular weight is 2050 g/mol. The number of nitrogens with zero attached hydrogens (tertiary/aromatic N) is 13. The summed E-state index contributed by atoms with van der Waals surface area (Å²) in [5.41, 5.74) is 16.4. The summed E-state index contributed by atoms with van der Waals surface area (Å²) in [6.45, 7) is 11.7. The molecule has 1 aliphatic heterocycles. The Hall–Kier alpha value is -13.8. The normalized spacial score (nSPS) is 12.4. The lowest BCUT2D eigenvalue weighted by atomic mass is 9.97. The summed E-state index contributed by atoms with van der Waals surface area (Å²) in [5.74, 6) is 3.87. The van der Waals surface area contributed by atoms with Crippen LogP contribution >= 0.6 is 115 Å². The van der Waals surface area contributed by atoms with Crippen molar-refractivity contribution in [1.29, 1.82) is 0 Å². The average Bonchev–Trinajstić information content (AvgIpc) is 1.62. The topological polar surface area (TPSA) is 335 Å². The van der Waals surface area contributed by atoms with E-state index in [0.29, 0.717) is 102 Å². The number of hydrogen-bond acceptors (Lipinski definition) is 22. The second kappa shape index (κ2) is 45.4. The lowest BCUT2D eigenvalue weighted by Gasteiger charge is -2.25. The minimum atomic E-state index is -0.915. The minimum Gasteiger partial charge on any atom is -0.384 e. The molecule has 4 atom stereocenters.